The van der Waals surface area contributed by atoms with Gasteiger partial charge in [0.25, 0.3) is 0 Å². The number of nitrogens with two attached hydrogens (primary N) is 1. The van der Waals surface area contributed by atoms with Gasteiger partial charge >= 0.3 is 11.9 Å². The molecule has 0 aliphatic heterocycles. The van der Waals surface area contributed by atoms with Gasteiger partial charge in [0.15, 0.2) is 0 Å². The van der Waals surface area contributed by atoms with Gasteiger partial charge in [-0.3, -0.25) is 0 Å². The number of nitrogen functional groups attached to an aromatic ring is 1. The number of hydrogen-bond acceptors (Lipinski definition) is 4. The van der Waals surface area contributed by atoms with Crippen molar-refractivity contribution >= 4 is 17.6 Å². The third-order valence-electron chi connectivity index (χ3n) is 2.55. The summed E-state index contributed by atoms with van der Waals surface area (Å²) in [5.41, 5.74) is 5.73. The maximum absolute atomic E-state index is 11.0. The zero-order chi connectivity index (χ0) is 14.7. The fourth-order valence-electron chi connectivity index (χ4n) is 1.61. The number of carbonyl (C=O) groups is 2. The predicted octanol–water partition coefficient (Wildman–Crippen LogP) is 2.46. The Balaban J connectivity index is 2.43. The smallest absolute Gasteiger partial charge is 0.335 e. The third kappa shape index (κ3) is 2.86. The molecule has 0 heterocycles. The molecule has 0 saturated carbocycles. The summed E-state index contributed by atoms with van der Waals surface area (Å²) >= 11 is 0. The Bertz CT molecular complexity index is 649. The molecule has 2 rings (SSSR count). The van der Waals surface area contributed by atoms with E-state index in [-0.39, 0.29) is 16.9 Å². The van der Waals surface area contributed by atoms with E-state index in [9.17, 15) is 9.59 Å². The predicted molar refractivity (Wildman–Crippen MR) is 71.3 cm³/mol. The van der Waals surface area contributed by atoms with E-state index in [2.05, 4.69) is 0 Å². The Morgan fingerprint density at radius 1 is 0.950 bits per heavy atom. The molecule has 20 heavy (non-hydrogen) atoms. The minimum absolute atomic E-state index is 0.0974. The van der Waals surface area contributed by atoms with Gasteiger partial charge in [0, 0.05) is 0 Å². The molecule has 0 bridgehead atoms. The molecule has 0 amide bonds. The average molecular weight is 273 g/mol. The lowest BCUT2D eigenvalue weighted by Gasteiger charge is -2.09. The third-order valence-corrected chi connectivity index (χ3v) is 2.55. The standard InChI is InChI=1S/C14H11NO5/c15-11-3-1-2-4-12(11)20-10-6-8(13(16)17)5-9(7-10)14(18)19/h1-7H,15H2,(H,16,17)(H,18,19). The molecule has 0 unspecified atom stereocenters. The molecule has 0 fully saturated rings. The number of rotatable bonds is 4. The number of para-hydroxylation sites is 2. The van der Waals surface area contributed by atoms with Crippen molar-refractivity contribution in [1.29, 1.82) is 0 Å². The molecule has 2 aromatic carbocycles. The van der Waals surface area contributed by atoms with Gasteiger partial charge in [-0.25, -0.2) is 9.59 Å². The van der Waals surface area contributed by atoms with Crippen LogP contribution in [-0.2, 0) is 0 Å². The van der Waals surface area contributed by atoms with Crippen molar-refractivity contribution in [2.75, 3.05) is 5.73 Å². The molecule has 0 aromatic heterocycles. The van der Waals surface area contributed by atoms with Gasteiger partial charge in [0.2, 0.25) is 0 Å². The van der Waals surface area contributed by atoms with Crippen molar-refractivity contribution in [2.45, 2.75) is 0 Å². The van der Waals surface area contributed by atoms with Crippen LogP contribution in [0.3, 0.4) is 0 Å². The quantitative estimate of drug-likeness (QED) is 0.738. The van der Waals surface area contributed by atoms with Crippen LogP contribution in [-0.4, -0.2) is 22.2 Å². The SMILES string of the molecule is Nc1ccccc1Oc1cc(C(=O)O)cc(C(=O)O)c1. The molecule has 2 aromatic rings. The Morgan fingerprint density at radius 3 is 2.00 bits per heavy atom. The second kappa shape index (κ2) is 5.31. The van der Waals surface area contributed by atoms with Gasteiger partial charge in [-0.15, -0.1) is 0 Å². The van der Waals surface area contributed by atoms with Crippen LogP contribution in [0.1, 0.15) is 20.7 Å². The van der Waals surface area contributed by atoms with Crippen LogP contribution in [0.25, 0.3) is 0 Å². The first-order chi connectivity index (χ1) is 9.47. The van der Waals surface area contributed by atoms with Gasteiger partial charge in [-0.05, 0) is 30.3 Å². The van der Waals surface area contributed by atoms with Gasteiger partial charge in [0.05, 0.1) is 16.8 Å². The van der Waals surface area contributed by atoms with Crippen LogP contribution in [0.15, 0.2) is 42.5 Å². The van der Waals surface area contributed by atoms with E-state index >= 15 is 0 Å². The molecular formula is C14H11NO5. The van der Waals surface area contributed by atoms with Gasteiger partial charge in [-0.1, -0.05) is 12.1 Å². The summed E-state index contributed by atoms with van der Waals surface area (Å²) in [5.74, 6) is -2.05. The van der Waals surface area contributed by atoms with E-state index < -0.39 is 11.9 Å². The summed E-state index contributed by atoms with van der Waals surface area (Å²) < 4.78 is 5.44. The normalized spacial score (nSPS) is 10.0. The van der Waals surface area contributed by atoms with Crippen molar-refractivity contribution in [3.8, 4) is 11.5 Å². The van der Waals surface area contributed by atoms with Crippen molar-refractivity contribution in [2.24, 2.45) is 0 Å². The summed E-state index contributed by atoms with van der Waals surface area (Å²) in [7, 11) is 0. The van der Waals surface area contributed by atoms with Gasteiger partial charge in [-0.2, -0.15) is 0 Å². The highest BCUT2D eigenvalue weighted by molar-refractivity contribution is 5.94. The van der Waals surface area contributed by atoms with Crippen LogP contribution < -0.4 is 10.5 Å². The molecule has 4 N–H and O–H groups in total. The van der Waals surface area contributed by atoms with E-state index in [1.54, 1.807) is 24.3 Å². The maximum Gasteiger partial charge on any atom is 0.335 e. The highest BCUT2D eigenvalue weighted by Crippen LogP contribution is 2.28. The fourth-order valence-corrected chi connectivity index (χ4v) is 1.61. The summed E-state index contributed by atoms with van der Waals surface area (Å²) in [5, 5.41) is 17.9. The van der Waals surface area contributed by atoms with Crippen molar-refractivity contribution in [1.82, 2.24) is 0 Å². The number of benzene rings is 2. The van der Waals surface area contributed by atoms with Crippen molar-refractivity contribution in [3.63, 3.8) is 0 Å². The minimum Gasteiger partial charge on any atom is -0.478 e. The molecule has 6 heteroatoms. The zero-order valence-electron chi connectivity index (χ0n) is 10.2. The summed E-state index contributed by atoms with van der Waals surface area (Å²) in [6, 6.07) is 10.2. The largest absolute Gasteiger partial charge is 0.478 e. The second-order valence-electron chi connectivity index (χ2n) is 4.00. The fraction of sp³-hybridized carbons (Fsp3) is 0. The van der Waals surface area contributed by atoms with E-state index in [1.165, 1.54) is 12.1 Å². The number of hydrogen-bond donors (Lipinski definition) is 3. The number of aromatic carboxylic acids is 2. The lowest BCUT2D eigenvalue weighted by atomic mass is 10.1. The Morgan fingerprint density at radius 2 is 1.50 bits per heavy atom. The lowest BCUT2D eigenvalue weighted by Crippen LogP contribution is -2.03. The minimum atomic E-state index is -1.24. The molecule has 0 aliphatic rings. The van der Waals surface area contributed by atoms with Crippen molar-refractivity contribution < 1.29 is 24.5 Å². The zero-order valence-corrected chi connectivity index (χ0v) is 10.2. The number of carboxylic acid groups (broad SMARTS) is 2. The Labute approximate surface area is 114 Å². The van der Waals surface area contributed by atoms with Crippen molar-refractivity contribution in [3.05, 3.63) is 53.6 Å². The molecule has 0 atom stereocenters. The highest BCUT2D eigenvalue weighted by Gasteiger charge is 2.13. The monoisotopic (exact) mass is 273 g/mol. The van der Waals surface area contributed by atoms with Crippen LogP contribution in [0.4, 0.5) is 5.69 Å². The molecule has 102 valence electrons. The molecule has 0 aliphatic carbocycles. The number of ether oxygens (including phenoxy) is 1. The highest BCUT2D eigenvalue weighted by atomic mass is 16.5. The Hall–Kier alpha value is -3.02. The summed E-state index contributed by atoms with van der Waals surface area (Å²) in [6.45, 7) is 0. The summed E-state index contributed by atoms with van der Waals surface area (Å²) in [6.07, 6.45) is 0. The van der Waals surface area contributed by atoms with Crippen LogP contribution >= 0.6 is 0 Å². The number of anilines is 1. The van der Waals surface area contributed by atoms with E-state index in [4.69, 9.17) is 20.7 Å². The number of carboxylic acids is 2. The molecule has 0 saturated heterocycles. The van der Waals surface area contributed by atoms with Crippen LogP contribution in [0.5, 0.6) is 11.5 Å². The van der Waals surface area contributed by atoms with Crippen LogP contribution in [0.2, 0.25) is 0 Å². The first-order valence-electron chi connectivity index (χ1n) is 5.61. The van der Waals surface area contributed by atoms with E-state index in [0.717, 1.165) is 6.07 Å². The van der Waals surface area contributed by atoms with Gasteiger partial charge < -0.3 is 20.7 Å². The van der Waals surface area contributed by atoms with Crippen LogP contribution in [0, 0.1) is 0 Å². The van der Waals surface area contributed by atoms with E-state index in [0.29, 0.717) is 11.4 Å². The molecule has 0 radical (unpaired) electrons. The molecule has 0 spiro atoms. The molecule has 6 nitrogen and oxygen atoms in total. The van der Waals surface area contributed by atoms with E-state index in [1.807, 2.05) is 0 Å². The maximum atomic E-state index is 11.0. The lowest BCUT2D eigenvalue weighted by molar-refractivity contribution is 0.0696. The second-order valence-corrected chi connectivity index (χ2v) is 4.00. The molecular weight excluding hydrogens is 262 g/mol. The van der Waals surface area contributed by atoms with Gasteiger partial charge in [0.1, 0.15) is 11.5 Å². The topological polar surface area (TPSA) is 110 Å². The first kappa shape index (κ1) is 13.4. The summed E-state index contributed by atoms with van der Waals surface area (Å²) in [4.78, 5) is 21.9. The first-order valence-corrected chi connectivity index (χ1v) is 5.61. The average Bonchev–Trinajstić information content (AvgIpc) is 2.41. The Kier molecular flexibility index (Phi) is 3.56.